The molecule has 146 valence electrons. The monoisotopic (exact) mass is 386 g/mol. The fourth-order valence-corrected chi connectivity index (χ4v) is 6.40. The molecule has 1 fully saturated rings. The summed E-state index contributed by atoms with van der Waals surface area (Å²) in [5.74, 6) is -0.164. The lowest BCUT2D eigenvalue weighted by molar-refractivity contribution is -0.140. The smallest absolute Gasteiger partial charge is 0.335 e. The number of benzene rings is 2. The normalized spacial score (nSPS) is 27.4. The second kappa shape index (κ2) is 5.82. The van der Waals surface area contributed by atoms with Gasteiger partial charge in [0.25, 0.3) is 0 Å². The summed E-state index contributed by atoms with van der Waals surface area (Å²) in [4.78, 5) is 25.8. The first-order valence-corrected chi connectivity index (χ1v) is 10.3. The van der Waals surface area contributed by atoms with Crippen molar-refractivity contribution >= 4 is 11.9 Å². The van der Waals surface area contributed by atoms with Crippen LogP contribution in [0.3, 0.4) is 0 Å². The first kappa shape index (κ1) is 17.0. The molecule has 5 aliphatic carbocycles. The van der Waals surface area contributed by atoms with E-state index in [1.165, 1.54) is 44.6 Å². The molecule has 0 heterocycles. The number of fused-ring (bicyclic) bond motifs is 5. The molecular formula is C25H22O4. The van der Waals surface area contributed by atoms with Gasteiger partial charge in [0.1, 0.15) is 0 Å². The highest BCUT2D eigenvalue weighted by Gasteiger charge is 2.50. The molecule has 0 aliphatic heterocycles. The largest absolute Gasteiger partial charge is 0.466 e. The Bertz CT molecular complexity index is 1040. The highest BCUT2D eigenvalue weighted by molar-refractivity contribution is 6.06. The van der Waals surface area contributed by atoms with Gasteiger partial charge in [-0.1, -0.05) is 36.4 Å². The van der Waals surface area contributed by atoms with E-state index < -0.39 is 11.9 Å². The number of hydrogen-bond acceptors (Lipinski definition) is 4. The van der Waals surface area contributed by atoms with E-state index in [2.05, 4.69) is 24.3 Å². The highest BCUT2D eigenvalue weighted by atomic mass is 16.5. The van der Waals surface area contributed by atoms with E-state index in [9.17, 15) is 9.59 Å². The number of esters is 2. The summed E-state index contributed by atoms with van der Waals surface area (Å²) in [6.45, 7) is 0. The zero-order chi connectivity index (χ0) is 19.9. The Morgan fingerprint density at radius 3 is 1.59 bits per heavy atom. The van der Waals surface area contributed by atoms with Crippen molar-refractivity contribution in [3.8, 4) is 0 Å². The molecule has 29 heavy (non-hydrogen) atoms. The molecule has 4 bridgehead atoms. The molecule has 0 N–H and O–H groups in total. The number of hydrogen-bond donors (Lipinski definition) is 0. The van der Waals surface area contributed by atoms with Gasteiger partial charge in [-0.2, -0.15) is 0 Å². The fraction of sp³-hybridized carbons (Fsp3) is 0.360. The SMILES string of the molecule is COC(=O)C1=C(C(=O)OC)C2c3ccccc3C1c1cc3c(cc12)C1CCC3C1. The van der Waals surface area contributed by atoms with Crippen molar-refractivity contribution in [2.45, 2.75) is 42.9 Å². The Morgan fingerprint density at radius 2 is 1.17 bits per heavy atom. The minimum absolute atomic E-state index is 0.280. The van der Waals surface area contributed by atoms with E-state index in [0.29, 0.717) is 23.0 Å². The average molecular weight is 386 g/mol. The first-order valence-electron chi connectivity index (χ1n) is 10.3. The molecule has 4 atom stereocenters. The Kier molecular flexibility index (Phi) is 3.41. The van der Waals surface area contributed by atoms with Crippen molar-refractivity contribution in [3.63, 3.8) is 0 Å². The van der Waals surface area contributed by atoms with Crippen LogP contribution in [-0.2, 0) is 19.1 Å². The minimum atomic E-state index is -0.442. The van der Waals surface area contributed by atoms with Gasteiger partial charge in [-0.05, 0) is 64.5 Å². The maximum absolute atomic E-state index is 12.9. The summed E-state index contributed by atoms with van der Waals surface area (Å²) in [5.41, 5.74) is 8.31. The van der Waals surface area contributed by atoms with E-state index in [0.717, 1.165) is 22.3 Å². The quantitative estimate of drug-likeness (QED) is 0.723. The van der Waals surface area contributed by atoms with Crippen LogP contribution in [0.5, 0.6) is 0 Å². The summed E-state index contributed by atoms with van der Waals surface area (Å²) in [6, 6.07) is 12.8. The van der Waals surface area contributed by atoms with Crippen molar-refractivity contribution in [2.24, 2.45) is 0 Å². The minimum Gasteiger partial charge on any atom is -0.466 e. The van der Waals surface area contributed by atoms with E-state index in [-0.39, 0.29) is 11.8 Å². The number of rotatable bonds is 2. The van der Waals surface area contributed by atoms with Gasteiger partial charge in [-0.25, -0.2) is 9.59 Å². The van der Waals surface area contributed by atoms with Gasteiger partial charge in [0.05, 0.1) is 25.4 Å². The Labute approximate surface area is 169 Å². The van der Waals surface area contributed by atoms with Crippen LogP contribution in [0.4, 0.5) is 0 Å². The number of methoxy groups -OCH3 is 2. The highest BCUT2D eigenvalue weighted by Crippen LogP contribution is 2.60. The molecule has 1 saturated carbocycles. The van der Waals surface area contributed by atoms with E-state index in [1.807, 2.05) is 12.1 Å². The summed E-state index contributed by atoms with van der Waals surface area (Å²) < 4.78 is 10.3. The van der Waals surface area contributed by atoms with Gasteiger partial charge in [-0.3, -0.25) is 0 Å². The molecule has 0 saturated heterocycles. The van der Waals surface area contributed by atoms with E-state index in [4.69, 9.17) is 9.47 Å². The molecule has 0 amide bonds. The van der Waals surface area contributed by atoms with Crippen molar-refractivity contribution in [1.29, 1.82) is 0 Å². The summed E-state index contributed by atoms with van der Waals surface area (Å²) in [6.07, 6.45) is 3.75. The van der Waals surface area contributed by atoms with Gasteiger partial charge in [0.2, 0.25) is 0 Å². The van der Waals surface area contributed by atoms with Crippen LogP contribution in [0, 0.1) is 0 Å². The molecule has 0 radical (unpaired) electrons. The lowest BCUT2D eigenvalue weighted by atomic mass is 9.60. The van der Waals surface area contributed by atoms with E-state index >= 15 is 0 Å². The molecule has 7 rings (SSSR count). The van der Waals surface area contributed by atoms with E-state index in [1.54, 1.807) is 0 Å². The van der Waals surface area contributed by atoms with Crippen LogP contribution in [0.15, 0.2) is 47.5 Å². The van der Waals surface area contributed by atoms with Gasteiger partial charge in [0.15, 0.2) is 0 Å². The molecular weight excluding hydrogens is 364 g/mol. The maximum Gasteiger partial charge on any atom is 0.335 e. The van der Waals surface area contributed by atoms with Crippen LogP contribution in [-0.4, -0.2) is 26.2 Å². The lowest BCUT2D eigenvalue weighted by Crippen LogP contribution is -2.35. The number of carbonyl (C=O) groups excluding carboxylic acids is 2. The summed E-state index contributed by atoms with van der Waals surface area (Å²) >= 11 is 0. The third kappa shape index (κ3) is 2.04. The second-order valence-electron chi connectivity index (χ2n) is 8.62. The van der Waals surface area contributed by atoms with Gasteiger partial charge in [0, 0.05) is 11.8 Å². The van der Waals surface area contributed by atoms with Crippen LogP contribution < -0.4 is 0 Å². The predicted molar refractivity (Wildman–Crippen MR) is 107 cm³/mol. The Hall–Kier alpha value is -2.88. The lowest BCUT2D eigenvalue weighted by Gasteiger charge is -2.42. The third-order valence-corrected chi connectivity index (χ3v) is 7.52. The molecule has 5 aliphatic rings. The topological polar surface area (TPSA) is 52.6 Å². The van der Waals surface area contributed by atoms with Crippen LogP contribution >= 0.6 is 0 Å². The maximum atomic E-state index is 12.9. The molecule has 4 unspecified atom stereocenters. The van der Waals surface area contributed by atoms with Crippen molar-refractivity contribution in [2.75, 3.05) is 14.2 Å². The predicted octanol–water partition coefficient (Wildman–Crippen LogP) is 4.28. The average Bonchev–Trinajstić information content (AvgIpc) is 3.38. The standard InChI is InChI=1S/C25H22O4/c1-28-24(26)22-20-14-5-3-4-6-15(14)21(23(22)25(27)29-2)19-11-17-13-8-7-12(9-13)16(17)10-18(19)20/h3-6,10-13,20-21H,7-9H2,1-2H3. The molecule has 4 nitrogen and oxygen atoms in total. The van der Waals surface area contributed by atoms with Crippen LogP contribution in [0.1, 0.15) is 76.3 Å². The molecule has 0 aromatic heterocycles. The number of carbonyl (C=O) groups is 2. The van der Waals surface area contributed by atoms with Crippen molar-refractivity contribution in [3.05, 3.63) is 80.9 Å². The molecule has 2 aromatic rings. The van der Waals surface area contributed by atoms with Crippen molar-refractivity contribution < 1.29 is 19.1 Å². The molecule has 0 spiro atoms. The van der Waals surface area contributed by atoms with Crippen LogP contribution in [0.2, 0.25) is 0 Å². The Balaban J connectivity index is 1.67. The first-order chi connectivity index (χ1) is 14.1. The fourth-order valence-electron chi connectivity index (χ4n) is 6.40. The van der Waals surface area contributed by atoms with Gasteiger partial charge < -0.3 is 9.47 Å². The van der Waals surface area contributed by atoms with Crippen molar-refractivity contribution in [1.82, 2.24) is 0 Å². The zero-order valence-electron chi connectivity index (χ0n) is 16.5. The third-order valence-electron chi connectivity index (χ3n) is 7.52. The molecule has 4 heteroatoms. The molecule has 2 aromatic carbocycles. The van der Waals surface area contributed by atoms with Gasteiger partial charge in [-0.15, -0.1) is 0 Å². The Morgan fingerprint density at radius 1 is 0.724 bits per heavy atom. The number of ether oxygens (including phenoxy) is 2. The summed E-state index contributed by atoms with van der Waals surface area (Å²) in [7, 11) is 2.75. The second-order valence-corrected chi connectivity index (χ2v) is 8.62. The van der Waals surface area contributed by atoms with Crippen LogP contribution in [0.25, 0.3) is 0 Å². The zero-order valence-corrected chi connectivity index (χ0v) is 16.5. The van der Waals surface area contributed by atoms with Gasteiger partial charge >= 0.3 is 11.9 Å². The summed E-state index contributed by atoms with van der Waals surface area (Å²) in [5, 5.41) is 0.